The van der Waals surface area contributed by atoms with E-state index >= 15 is 0 Å². The Kier molecular flexibility index (Phi) is 7.40. The van der Waals surface area contributed by atoms with Gasteiger partial charge in [0.1, 0.15) is 0 Å². The monoisotopic (exact) mass is 440 g/mol. The third kappa shape index (κ3) is 5.91. The topological polar surface area (TPSA) is 0 Å². The maximum absolute atomic E-state index is 2.22. The first kappa shape index (κ1) is 23.3. The zero-order valence-corrected chi connectivity index (χ0v) is 20.5. The molecule has 0 saturated carbocycles. The van der Waals surface area contributed by atoms with Crippen molar-refractivity contribution in [1.82, 2.24) is 0 Å². The molecule has 0 N–H and O–H groups in total. The van der Waals surface area contributed by atoms with E-state index in [1.54, 1.807) is 0 Å². The number of fused-ring (bicyclic) bond motifs is 3. The summed E-state index contributed by atoms with van der Waals surface area (Å²) >= 11 is 0. The van der Waals surface area contributed by atoms with Crippen LogP contribution in [0, 0.1) is 27.7 Å². The fraction of sp³-hybridized carbons (Fsp3) is 0.118. The van der Waals surface area contributed by atoms with Crippen molar-refractivity contribution in [3.63, 3.8) is 0 Å². The smallest absolute Gasteiger partial charge is 0.0155 e. The Morgan fingerprint density at radius 1 is 0.324 bits per heavy atom. The molecule has 6 aromatic carbocycles. The molecule has 0 aliphatic carbocycles. The van der Waals surface area contributed by atoms with E-state index in [9.17, 15) is 0 Å². The number of rotatable bonds is 0. The van der Waals surface area contributed by atoms with E-state index in [0.717, 1.165) is 0 Å². The Morgan fingerprint density at radius 2 is 0.765 bits per heavy atom. The Labute approximate surface area is 203 Å². The van der Waals surface area contributed by atoms with Gasteiger partial charge in [0.2, 0.25) is 0 Å². The molecule has 0 aromatic heterocycles. The Balaban J connectivity index is 0.000000121. The second kappa shape index (κ2) is 10.8. The zero-order chi connectivity index (χ0) is 23.9. The maximum Gasteiger partial charge on any atom is -0.0155 e. The molecule has 0 amide bonds. The van der Waals surface area contributed by atoms with E-state index in [2.05, 4.69) is 149 Å². The van der Waals surface area contributed by atoms with E-state index in [4.69, 9.17) is 0 Å². The van der Waals surface area contributed by atoms with Gasteiger partial charge in [0.05, 0.1) is 0 Å². The van der Waals surface area contributed by atoms with Crippen LogP contribution in [0.3, 0.4) is 0 Å². The molecule has 0 unspecified atom stereocenters. The van der Waals surface area contributed by atoms with Crippen LogP contribution in [-0.2, 0) is 0 Å². The van der Waals surface area contributed by atoms with Gasteiger partial charge in [0, 0.05) is 0 Å². The van der Waals surface area contributed by atoms with Gasteiger partial charge in [-0.3, -0.25) is 0 Å². The molecule has 0 aliphatic heterocycles. The summed E-state index contributed by atoms with van der Waals surface area (Å²) in [4.78, 5) is 0. The van der Waals surface area contributed by atoms with E-state index in [1.807, 2.05) is 0 Å². The molecular formula is C34H32. The number of benzene rings is 6. The molecule has 0 atom stereocenters. The molecule has 0 fully saturated rings. The minimum atomic E-state index is 1.32. The van der Waals surface area contributed by atoms with Crippen molar-refractivity contribution in [2.24, 2.45) is 0 Å². The summed E-state index contributed by atoms with van der Waals surface area (Å²) in [6, 6.07) is 42.8. The van der Waals surface area contributed by atoms with Gasteiger partial charge in [0.25, 0.3) is 0 Å². The molecule has 6 aromatic rings. The largest absolute Gasteiger partial charge is 0.0616 e. The van der Waals surface area contributed by atoms with Crippen LogP contribution in [-0.4, -0.2) is 0 Å². The fourth-order valence-electron chi connectivity index (χ4n) is 4.18. The zero-order valence-electron chi connectivity index (χ0n) is 20.5. The fourth-order valence-corrected chi connectivity index (χ4v) is 4.18. The first-order valence-corrected chi connectivity index (χ1v) is 11.9. The highest BCUT2D eigenvalue weighted by Gasteiger charge is 1.93. The molecule has 0 spiro atoms. The molecule has 168 valence electrons. The van der Waals surface area contributed by atoms with Gasteiger partial charge in [-0.05, 0) is 65.6 Å². The first-order chi connectivity index (χ1) is 16.5. The molecule has 34 heavy (non-hydrogen) atoms. The molecular weight excluding hydrogens is 408 g/mol. The summed E-state index contributed by atoms with van der Waals surface area (Å²) in [6.07, 6.45) is 0. The average molecular weight is 441 g/mol. The van der Waals surface area contributed by atoms with E-state index in [-0.39, 0.29) is 0 Å². The summed E-state index contributed by atoms with van der Waals surface area (Å²) in [6.45, 7) is 8.51. The number of hydrogen-bond donors (Lipinski definition) is 0. The van der Waals surface area contributed by atoms with Crippen molar-refractivity contribution in [3.8, 4) is 0 Å². The predicted molar refractivity (Wildman–Crippen MR) is 151 cm³/mol. The predicted octanol–water partition coefficient (Wildman–Crippen LogP) is 9.75. The van der Waals surface area contributed by atoms with Crippen molar-refractivity contribution >= 4 is 32.3 Å². The molecule has 0 radical (unpaired) electrons. The molecule has 0 heteroatoms. The lowest BCUT2D eigenvalue weighted by atomic mass is 10.1. The van der Waals surface area contributed by atoms with Gasteiger partial charge in [0.15, 0.2) is 0 Å². The van der Waals surface area contributed by atoms with Crippen molar-refractivity contribution in [3.05, 3.63) is 144 Å². The molecule has 0 heterocycles. The third-order valence-electron chi connectivity index (χ3n) is 6.06. The van der Waals surface area contributed by atoms with Crippen molar-refractivity contribution in [1.29, 1.82) is 0 Å². The van der Waals surface area contributed by atoms with Crippen LogP contribution in [0.25, 0.3) is 32.3 Å². The normalized spacial score (nSPS) is 10.4. The van der Waals surface area contributed by atoms with E-state index in [1.165, 1.54) is 54.6 Å². The van der Waals surface area contributed by atoms with Crippen LogP contribution in [0.1, 0.15) is 22.3 Å². The number of hydrogen-bond acceptors (Lipinski definition) is 0. The van der Waals surface area contributed by atoms with Gasteiger partial charge in [-0.25, -0.2) is 0 Å². The lowest BCUT2D eigenvalue weighted by Crippen LogP contribution is -1.76. The maximum atomic E-state index is 2.22. The minimum absolute atomic E-state index is 1.32. The second-order valence-corrected chi connectivity index (χ2v) is 9.00. The van der Waals surface area contributed by atoms with Gasteiger partial charge in [-0.15, -0.1) is 0 Å². The first-order valence-electron chi connectivity index (χ1n) is 11.9. The van der Waals surface area contributed by atoms with E-state index < -0.39 is 0 Å². The van der Waals surface area contributed by atoms with Crippen LogP contribution in [0.15, 0.2) is 121 Å². The standard InChI is InChI=1S/C12H12.2C11H10/c1-9-3-5-11-6-4-10(2)8-12(11)7-9;1-9-5-4-7-10-6-2-3-8-11(9)10;1-9-6-7-10-4-2-3-5-11(10)8-9/h3-8H,1-2H3;2*2-8H,1H3. The van der Waals surface area contributed by atoms with Crippen LogP contribution < -0.4 is 0 Å². The van der Waals surface area contributed by atoms with Gasteiger partial charge in [-0.2, -0.15) is 0 Å². The lowest BCUT2D eigenvalue weighted by molar-refractivity contribution is 1.47. The van der Waals surface area contributed by atoms with Crippen LogP contribution in [0.4, 0.5) is 0 Å². The minimum Gasteiger partial charge on any atom is -0.0616 e. The van der Waals surface area contributed by atoms with Gasteiger partial charge < -0.3 is 0 Å². The quantitative estimate of drug-likeness (QED) is 0.220. The third-order valence-corrected chi connectivity index (χ3v) is 6.06. The van der Waals surface area contributed by atoms with E-state index in [0.29, 0.717) is 0 Å². The van der Waals surface area contributed by atoms with Crippen LogP contribution in [0.2, 0.25) is 0 Å². The van der Waals surface area contributed by atoms with Crippen LogP contribution in [0.5, 0.6) is 0 Å². The second-order valence-electron chi connectivity index (χ2n) is 9.00. The SMILES string of the molecule is Cc1ccc2ccc(C)cc2c1.Cc1ccc2ccccc2c1.Cc1cccc2ccccc12. The highest BCUT2D eigenvalue weighted by Crippen LogP contribution is 2.18. The van der Waals surface area contributed by atoms with Gasteiger partial charge in [-0.1, -0.05) is 138 Å². The molecule has 6 rings (SSSR count). The van der Waals surface area contributed by atoms with Crippen molar-refractivity contribution in [2.75, 3.05) is 0 Å². The molecule has 0 aliphatic rings. The number of aryl methyl sites for hydroxylation is 4. The Bertz CT molecular complexity index is 1490. The summed E-state index contributed by atoms with van der Waals surface area (Å²) in [7, 11) is 0. The van der Waals surface area contributed by atoms with Crippen molar-refractivity contribution in [2.45, 2.75) is 27.7 Å². The highest BCUT2D eigenvalue weighted by atomic mass is 14.0. The van der Waals surface area contributed by atoms with Crippen molar-refractivity contribution < 1.29 is 0 Å². The Morgan fingerprint density at radius 3 is 1.35 bits per heavy atom. The Hall–Kier alpha value is -3.90. The molecule has 0 bridgehead atoms. The molecule has 0 saturated heterocycles. The van der Waals surface area contributed by atoms with Gasteiger partial charge >= 0.3 is 0 Å². The lowest BCUT2D eigenvalue weighted by Gasteiger charge is -1.99. The summed E-state index contributed by atoms with van der Waals surface area (Å²) in [5.74, 6) is 0. The van der Waals surface area contributed by atoms with Crippen LogP contribution >= 0.6 is 0 Å². The molecule has 0 nitrogen and oxygen atoms in total. The summed E-state index contributed by atoms with van der Waals surface area (Å²) in [5, 5.41) is 7.99. The average Bonchev–Trinajstić information content (AvgIpc) is 2.85. The summed E-state index contributed by atoms with van der Waals surface area (Å²) < 4.78 is 0. The highest BCUT2D eigenvalue weighted by molar-refractivity contribution is 5.85. The summed E-state index contributed by atoms with van der Waals surface area (Å²) in [5.41, 5.74) is 5.33.